The summed E-state index contributed by atoms with van der Waals surface area (Å²) >= 11 is 0. The number of benzene rings is 1. The Kier molecular flexibility index (Phi) is 6.48. The number of hydrogen-bond acceptors (Lipinski definition) is 7. The van der Waals surface area contributed by atoms with E-state index in [0.717, 1.165) is 12.5 Å². The summed E-state index contributed by atoms with van der Waals surface area (Å²) in [5, 5.41) is 11.1. The maximum Gasteiger partial charge on any atom is 0.331 e. The average molecular weight is 404 g/mol. The smallest absolute Gasteiger partial charge is 0.331 e. The normalized spacial score (nSPS) is 21.4. The van der Waals surface area contributed by atoms with Crippen molar-refractivity contribution in [3.05, 3.63) is 39.4 Å². The number of amides is 1. The molecular formula is C20H24N2O7. The standard InChI is InChI=1S/C20H24N2O7/c1-13-5-14(2)9-21(8-13)18(23)11-28-19(24)4-3-15-6-17(22(25)26)7-16-10-27-12-29-20(15)16/h3-4,6-7,13-14H,5,8-12H2,1-2H3. The monoisotopic (exact) mass is 404 g/mol. The summed E-state index contributed by atoms with van der Waals surface area (Å²) in [6.07, 6.45) is 3.59. The van der Waals surface area contributed by atoms with Crippen molar-refractivity contribution < 1.29 is 28.7 Å². The van der Waals surface area contributed by atoms with E-state index < -0.39 is 10.9 Å². The molecule has 9 nitrogen and oxygen atoms in total. The minimum atomic E-state index is -0.705. The lowest BCUT2D eigenvalue weighted by Gasteiger charge is -2.34. The van der Waals surface area contributed by atoms with Crippen LogP contribution in [0.1, 0.15) is 31.4 Å². The molecule has 0 saturated carbocycles. The lowest BCUT2D eigenvalue weighted by molar-refractivity contribution is -0.385. The van der Waals surface area contributed by atoms with Crippen LogP contribution in [0.2, 0.25) is 0 Å². The van der Waals surface area contributed by atoms with Gasteiger partial charge in [0.2, 0.25) is 0 Å². The lowest BCUT2D eigenvalue weighted by atomic mass is 9.92. The summed E-state index contributed by atoms with van der Waals surface area (Å²) in [4.78, 5) is 36.7. The molecule has 2 aliphatic heterocycles. The fourth-order valence-electron chi connectivity index (χ4n) is 3.76. The number of ether oxygens (including phenoxy) is 3. The maximum absolute atomic E-state index is 12.3. The van der Waals surface area contributed by atoms with Gasteiger partial charge in [-0.25, -0.2) is 4.79 Å². The molecule has 2 unspecified atom stereocenters. The van der Waals surface area contributed by atoms with Crippen molar-refractivity contribution in [1.29, 1.82) is 0 Å². The number of nitro benzene ring substituents is 1. The average Bonchev–Trinajstić information content (AvgIpc) is 2.69. The molecule has 1 saturated heterocycles. The third kappa shape index (κ3) is 5.32. The number of carbonyl (C=O) groups is 2. The van der Waals surface area contributed by atoms with Gasteiger partial charge in [0.15, 0.2) is 13.4 Å². The van der Waals surface area contributed by atoms with Crippen LogP contribution in [-0.2, 0) is 25.7 Å². The summed E-state index contributed by atoms with van der Waals surface area (Å²) < 4.78 is 15.6. The first kappa shape index (κ1) is 20.8. The van der Waals surface area contributed by atoms with Gasteiger partial charge in [0.1, 0.15) is 5.75 Å². The molecule has 1 amide bonds. The van der Waals surface area contributed by atoms with Gasteiger partial charge in [0.25, 0.3) is 11.6 Å². The minimum absolute atomic E-state index is 0.0251. The molecule has 0 aromatic heterocycles. The van der Waals surface area contributed by atoms with Crippen molar-refractivity contribution in [2.45, 2.75) is 26.9 Å². The van der Waals surface area contributed by atoms with Gasteiger partial charge >= 0.3 is 5.97 Å². The molecule has 0 aliphatic carbocycles. The predicted octanol–water partition coefficient (Wildman–Crippen LogP) is 2.52. The van der Waals surface area contributed by atoms with Gasteiger partial charge in [-0.2, -0.15) is 0 Å². The van der Waals surface area contributed by atoms with E-state index in [1.165, 1.54) is 18.2 Å². The Bertz CT molecular complexity index is 826. The van der Waals surface area contributed by atoms with Crippen molar-refractivity contribution in [2.75, 3.05) is 26.5 Å². The van der Waals surface area contributed by atoms with E-state index in [1.807, 2.05) is 0 Å². The van der Waals surface area contributed by atoms with Gasteiger partial charge in [-0.15, -0.1) is 0 Å². The molecule has 2 aliphatic rings. The van der Waals surface area contributed by atoms with Crippen molar-refractivity contribution in [1.82, 2.24) is 4.90 Å². The molecule has 2 heterocycles. The topological polar surface area (TPSA) is 108 Å². The first-order chi connectivity index (χ1) is 13.8. The molecule has 156 valence electrons. The summed E-state index contributed by atoms with van der Waals surface area (Å²) in [5.41, 5.74) is 0.774. The van der Waals surface area contributed by atoms with E-state index in [9.17, 15) is 19.7 Å². The zero-order valence-corrected chi connectivity index (χ0v) is 16.5. The molecule has 0 bridgehead atoms. The highest BCUT2D eigenvalue weighted by atomic mass is 16.7. The van der Waals surface area contributed by atoms with Gasteiger partial charge in [-0.05, 0) is 24.3 Å². The van der Waals surface area contributed by atoms with Gasteiger partial charge in [0.05, 0.1) is 11.5 Å². The number of carbonyl (C=O) groups excluding carboxylic acids is 2. The summed E-state index contributed by atoms with van der Waals surface area (Å²) in [6, 6.07) is 2.69. The zero-order chi connectivity index (χ0) is 21.0. The van der Waals surface area contributed by atoms with Crippen molar-refractivity contribution in [3.63, 3.8) is 0 Å². The van der Waals surface area contributed by atoms with Crippen LogP contribution < -0.4 is 4.74 Å². The molecule has 1 fully saturated rings. The molecule has 1 aromatic rings. The molecule has 29 heavy (non-hydrogen) atoms. The fourth-order valence-corrected chi connectivity index (χ4v) is 3.76. The molecule has 1 aromatic carbocycles. The number of nitrogens with zero attached hydrogens (tertiary/aromatic N) is 2. The number of nitro groups is 1. The molecule has 3 rings (SSSR count). The Labute approximate surface area is 168 Å². The molecule has 0 radical (unpaired) electrons. The van der Waals surface area contributed by atoms with Crippen LogP contribution in [0.5, 0.6) is 5.75 Å². The van der Waals surface area contributed by atoms with Gasteiger partial charge in [-0.3, -0.25) is 14.9 Å². The Morgan fingerprint density at radius 2 is 2.03 bits per heavy atom. The van der Waals surface area contributed by atoms with Crippen LogP contribution in [-0.4, -0.2) is 48.2 Å². The van der Waals surface area contributed by atoms with E-state index in [4.69, 9.17) is 14.2 Å². The Morgan fingerprint density at radius 1 is 1.31 bits per heavy atom. The highest BCUT2D eigenvalue weighted by Gasteiger charge is 2.26. The van der Waals surface area contributed by atoms with Crippen LogP contribution >= 0.6 is 0 Å². The van der Waals surface area contributed by atoms with Crippen LogP contribution in [0.25, 0.3) is 6.08 Å². The van der Waals surface area contributed by atoms with E-state index in [0.29, 0.717) is 41.8 Å². The quantitative estimate of drug-likeness (QED) is 0.321. The zero-order valence-electron chi connectivity index (χ0n) is 16.5. The third-order valence-electron chi connectivity index (χ3n) is 4.89. The lowest BCUT2D eigenvalue weighted by Crippen LogP contribution is -2.44. The van der Waals surface area contributed by atoms with Gasteiger partial charge in [-0.1, -0.05) is 13.8 Å². The first-order valence-corrected chi connectivity index (χ1v) is 9.48. The molecule has 0 N–H and O–H groups in total. The Hall–Kier alpha value is -2.94. The second-order valence-corrected chi connectivity index (χ2v) is 7.58. The van der Waals surface area contributed by atoms with Crippen molar-refractivity contribution >= 4 is 23.6 Å². The largest absolute Gasteiger partial charge is 0.467 e. The van der Waals surface area contributed by atoms with Gasteiger partial charge in [0, 0.05) is 42.4 Å². The summed E-state index contributed by atoms with van der Waals surface area (Å²) in [6.45, 7) is 5.39. The second-order valence-electron chi connectivity index (χ2n) is 7.58. The van der Waals surface area contributed by atoms with Gasteiger partial charge < -0.3 is 19.1 Å². The molecule has 2 atom stereocenters. The number of likely N-dealkylation sites (tertiary alicyclic amines) is 1. The van der Waals surface area contributed by atoms with Crippen LogP contribution in [0.15, 0.2) is 18.2 Å². The number of fused-ring (bicyclic) bond motifs is 1. The summed E-state index contributed by atoms with van der Waals surface area (Å²) in [7, 11) is 0. The fraction of sp³-hybridized carbons (Fsp3) is 0.500. The summed E-state index contributed by atoms with van der Waals surface area (Å²) in [5.74, 6) is 0.338. The minimum Gasteiger partial charge on any atom is -0.467 e. The molecular weight excluding hydrogens is 380 g/mol. The highest BCUT2D eigenvalue weighted by Crippen LogP contribution is 2.33. The van der Waals surface area contributed by atoms with Crippen molar-refractivity contribution in [3.8, 4) is 5.75 Å². The second kappa shape index (κ2) is 9.04. The number of hydrogen-bond donors (Lipinski definition) is 0. The molecule has 0 spiro atoms. The van der Waals surface area contributed by atoms with E-state index in [1.54, 1.807) is 4.90 Å². The SMILES string of the molecule is CC1CC(C)CN(C(=O)COC(=O)C=Cc2cc([N+](=O)[O-])cc3c2OCOC3)C1. The number of rotatable bonds is 5. The number of non-ortho nitro benzene ring substituents is 1. The predicted molar refractivity (Wildman–Crippen MR) is 103 cm³/mol. The van der Waals surface area contributed by atoms with E-state index >= 15 is 0 Å². The van der Waals surface area contributed by atoms with E-state index in [2.05, 4.69) is 13.8 Å². The van der Waals surface area contributed by atoms with Crippen LogP contribution in [0, 0.1) is 22.0 Å². The molecule has 9 heteroatoms. The highest BCUT2D eigenvalue weighted by molar-refractivity contribution is 5.90. The maximum atomic E-state index is 12.3. The van der Waals surface area contributed by atoms with Crippen molar-refractivity contribution in [2.24, 2.45) is 11.8 Å². The Morgan fingerprint density at radius 3 is 2.72 bits per heavy atom. The van der Waals surface area contributed by atoms with E-state index in [-0.39, 0.29) is 31.6 Å². The third-order valence-corrected chi connectivity index (χ3v) is 4.89. The van der Waals surface area contributed by atoms with Crippen LogP contribution in [0.4, 0.5) is 5.69 Å². The first-order valence-electron chi connectivity index (χ1n) is 9.48. The number of esters is 1. The Balaban J connectivity index is 1.62. The van der Waals surface area contributed by atoms with Crippen LogP contribution in [0.3, 0.4) is 0 Å². The number of piperidine rings is 1.